The predicted molar refractivity (Wildman–Crippen MR) is 74.8 cm³/mol. The van der Waals surface area contributed by atoms with Crippen molar-refractivity contribution in [1.29, 1.82) is 0 Å². The topological polar surface area (TPSA) is 84.9 Å². The lowest BCUT2D eigenvalue weighted by Gasteiger charge is -2.37. The number of carbonyl (C=O) groups is 2. The molecule has 2 aliphatic rings. The third-order valence-electron chi connectivity index (χ3n) is 3.69. The Kier molecular flexibility index (Phi) is 5.29. The van der Waals surface area contributed by atoms with Crippen LogP contribution in [0.1, 0.15) is 26.2 Å². The Bertz CT molecular complexity index is 370. The summed E-state index contributed by atoms with van der Waals surface area (Å²) in [5, 5.41) is 11.9. The highest BCUT2D eigenvalue weighted by atomic mass is 32.2. The first-order chi connectivity index (χ1) is 9.51. The largest absolute Gasteiger partial charge is 0.480 e. The van der Waals surface area contributed by atoms with Crippen molar-refractivity contribution < 1.29 is 24.2 Å². The monoisotopic (exact) mass is 303 g/mol. The van der Waals surface area contributed by atoms with Crippen molar-refractivity contribution in [3.63, 3.8) is 0 Å². The molecule has 0 radical (unpaired) electrons. The Balaban J connectivity index is 1.83. The molecule has 0 saturated carbocycles. The van der Waals surface area contributed by atoms with Crippen molar-refractivity contribution in [2.75, 3.05) is 25.6 Å². The van der Waals surface area contributed by atoms with E-state index in [1.54, 1.807) is 11.8 Å². The minimum atomic E-state index is -0.987. The maximum atomic E-state index is 11.1. The second kappa shape index (κ2) is 6.78. The molecule has 114 valence electrons. The van der Waals surface area contributed by atoms with Gasteiger partial charge in [0.1, 0.15) is 6.04 Å². The molecule has 2 heterocycles. The number of hydrogen-bond donors (Lipinski definition) is 2. The number of carboxylic acid groups (broad SMARTS) is 1. The predicted octanol–water partition coefficient (Wildman–Crippen LogP) is 0.647. The van der Waals surface area contributed by atoms with Crippen LogP contribution in [0.2, 0.25) is 0 Å². The average Bonchev–Trinajstić information content (AvgIpc) is 2.82. The van der Waals surface area contributed by atoms with Gasteiger partial charge in [-0.15, -0.1) is 0 Å². The summed E-state index contributed by atoms with van der Waals surface area (Å²) >= 11 is 1.61. The summed E-state index contributed by atoms with van der Waals surface area (Å²) in [6.07, 6.45) is 2.72. The molecular weight excluding hydrogens is 282 g/mol. The standard InChI is InChI=1S/C13H21NO5S/c1-9(15)14-11(12(16)17)7-20-10-2-4-19-13(6-10)3-5-18-8-13/h10-11H,2-8H2,1H3,(H,14,15)(H,16,17)/t10?,11-,13?/m0/s1. The van der Waals surface area contributed by atoms with E-state index in [1.165, 1.54) is 6.92 Å². The summed E-state index contributed by atoms with van der Waals surface area (Å²) < 4.78 is 11.3. The van der Waals surface area contributed by atoms with Gasteiger partial charge in [0.2, 0.25) is 5.91 Å². The van der Waals surface area contributed by atoms with Crippen molar-refractivity contribution in [3.8, 4) is 0 Å². The summed E-state index contributed by atoms with van der Waals surface area (Å²) in [7, 11) is 0. The maximum Gasteiger partial charge on any atom is 0.327 e. The van der Waals surface area contributed by atoms with Gasteiger partial charge in [-0.3, -0.25) is 4.79 Å². The zero-order chi connectivity index (χ0) is 14.6. The first-order valence-corrected chi connectivity index (χ1v) is 7.89. The van der Waals surface area contributed by atoms with Gasteiger partial charge in [-0.25, -0.2) is 4.79 Å². The fraction of sp³-hybridized carbons (Fsp3) is 0.846. The average molecular weight is 303 g/mol. The highest BCUT2D eigenvalue weighted by Gasteiger charge is 2.41. The molecule has 1 amide bonds. The quantitative estimate of drug-likeness (QED) is 0.775. The van der Waals surface area contributed by atoms with Crippen LogP contribution in [0, 0.1) is 0 Å². The molecule has 0 aromatic carbocycles. The molecular formula is C13H21NO5S. The summed E-state index contributed by atoms with van der Waals surface area (Å²) in [5.41, 5.74) is -0.164. The lowest BCUT2D eigenvalue weighted by Crippen LogP contribution is -2.44. The van der Waals surface area contributed by atoms with E-state index in [0.717, 1.165) is 25.9 Å². The molecule has 0 bridgehead atoms. The highest BCUT2D eigenvalue weighted by Crippen LogP contribution is 2.37. The first-order valence-electron chi connectivity index (χ1n) is 6.84. The van der Waals surface area contributed by atoms with E-state index in [1.807, 2.05) is 0 Å². The van der Waals surface area contributed by atoms with E-state index >= 15 is 0 Å². The SMILES string of the molecule is CC(=O)N[C@@H](CSC1CCOC2(CCOC2)C1)C(=O)O. The van der Waals surface area contributed by atoms with Gasteiger partial charge in [-0.1, -0.05) is 0 Å². The second-order valence-electron chi connectivity index (χ2n) is 5.37. The van der Waals surface area contributed by atoms with Gasteiger partial charge in [0.05, 0.1) is 12.2 Å². The molecule has 0 aromatic rings. The maximum absolute atomic E-state index is 11.1. The van der Waals surface area contributed by atoms with Crippen LogP contribution in [-0.4, -0.2) is 59.4 Å². The molecule has 6 nitrogen and oxygen atoms in total. The van der Waals surface area contributed by atoms with Crippen LogP contribution in [-0.2, 0) is 19.1 Å². The molecule has 2 saturated heterocycles. The van der Waals surface area contributed by atoms with Gasteiger partial charge in [0.25, 0.3) is 0 Å². The van der Waals surface area contributed by atoms with E-state index < -0.39 is 12.0 Å². The smallest absolute Gasteiger partial charge is 0.327 e. The number of nitrogens with one attached hydrogen (secondary N) is 1. The zero-order valence-corrected chi connectivity index (χ0v) is 12.4. The van der Waals surface area contributed by atoms with Crippen LogP contribution in [0.5, 0.6) is 0 Å². The summed E-state index contributed by atoms with van der Waals surface area (Å²) in [5.74, 6) is -0.916. The van der Waals surface area contributed by atoms with Crippen LogP contribution in [0.15, 0.2) is 0 Å². The molecule has 2 unspecified atom stereocenters. The zero-order valence-electron chi connectivity index (χ0n) is 11.6. The molecule has 0 aromatic heterocycles. The summed E-state index contributed by atoms with van der Waals surface area (Å²) in [6.45, 7) is 3.40. The summed E-state index contributed by atoms with van der Waals surface area (Å²) in [6, 6.07) is -0.823. The van der Waals surface area contributed by atoms with Crippen LogP contribution in [0.4, 0.5) is 0 Å². The molecule has 2 aliphatic heterocycles. The first kappa shape index (κ1) is 15.6. The third-order valence-corrected chi connectivity index (χ3v) is 5.09. The molecule has 2 N–H and O–H groups in total. The van der Waals surface area contributed by atoms with Gasteiger partial charge in [-0.05, 0) is 12.8 Å². The number of carboxylic acids is 1. The number of ether oxygens (including phenoxy) is 2. The Labute approximate surface area is 122 Å². The van der Waals surface area contributed by atoms with Crippen LogP contribution < -0.4 is 5.32 Å². The lowest BCUT2D eigenvalue weighted by molar-refractivity contribution is -0.140. The molecule has 0 aliphatic carbocycles. The molecule has 7 heteroatoms. The van der Waals surface area contributed by atoms with E-state index in [4.69, 9.17) is 14.6 Å². The van der Waals surface area contributed by atoms with E-state index in [2.05, 4.69) is 5.32 Å². The number of thioether (sulfide) groups is 1. The number of rotatable bonds is 5. The van der Waals surface area contributed by atoms with Gasteiger partial charge < -0.3 is 19.9 Å². The van der Waals surface area contributed by atoms with Crippen molar-refractivity contribution in [2.24, 2.45) is 0 Å². The van der Waals surface area contributed by atoms with Gasteiger partial charge in [-0.2, -0.15) is 11.8 Å². The van der Waals surface area contributed by atoms with E-state index in [-0.39, 0.29) is 11.5 Å². The van der Waals surface area contributed by atoms with Crippen LogP contribution in [0.25, 0.3) is 0 Å². The minimum Gasteiger partial charge on any atom is -0.480 e. The normalized spacial score (nSPS) is 31.1. The Morgan fingerprint density at radius 3 is 2.90 bits per heavy atom. The third kappa shape index (κ3) is 4.10. The Hall–Kier alpha value is -0.790. The van der Waals surface area contributed by atoms with E-state index in [0.29, 0.717) is 24.2 Å². The van der Waals surface area contributed by atoms with Crippen LogP contribution >= 0.6 is 11.8 Å². The Morgan fingerprint density at radius 2 is 2.30 bits per heavy atom. The number of carbonyl (C=O) groups excluding carboxylic acids is 1. The van der Waals surface area contributed by atoms with Gasteiger partial charge >= 0.3 is 5.97 Å². The minimum absolute atomic E-state index is 0.164. The number of hydrogen-bond acceptors (Lipinski definition) is 5. The number of aliphatic carboxylic acids is 1. The second-order valence-corrected chi connectivity index (χ2v) is 6.71. The summed E-state index contributed by atoms with van der Waals surface area (Å²) in [4.78, 5) is 22.1. The van der Waals surface area contributed by atoms with Gasteiger partial charge in [0.15, 0.2) is 0 Å². The Morgan fingerprint density at radius 1 is 1.50 bits per heavy atom. The molecule has 2 fully saturated rings. The molecule has 3 atom stereocenters. The van der Waals surface area contributed by atoms with Crippen molar-refractivity contribution in [2.45, 2.75) is 43.1 Å². The fourth-order valence-corrected chi connectivity index (χ4v) is 4.02. The number of amides is 1. The molecule has 1 spiro atoms. The van der Waals surface area contributed by atoms with E-state index in [9.17, 15) is 9.59 Å². The van der Waals surface area contributed by atoms with Crippen molar-refractivity contribution >= 4 is 23.6 Å². The van der Waals surface area contributed by atoms with Crippen molar-refractivity contribution in [3.05, 3.63) is 0 Å². The molecule has 20 heavy (non-hydrogen) atoms. The van der Waals surface area contributed by atoms with Gasteiger partial charge in [0, 0.05) is 37.6 Å². The highest BCUT2D eigenvalue weighted by molar-refractivity contribution is 8.00. The fourth-order valence-electron chi connectivity index (χ4n) is 2.64. The molecule has 2 rings (SSSR count). The van der Waals surface area contributed by atoms with Crippen molar-refractivity contribution in [1.82, 2.24) is 5.32 Å². The lowest BCUT2D eigenvalue weighted by atomic mass is 9.93. The van der Waals surface area contributed by atoms with Crippen LogP contribution in [0.3, 0.4) is 0 Å².